The van der Waals surface area contributed by atoms with Gasteiger partial charge in [-0.1, -0.05) is 24.6 Å². The molecule has 2 heterocycles. The van der Waals surface area contributed by atoms with Crippen LogP contribution >= 0.6 is 0 Å². The van der Waals surface area contributed by atoms with Gasteiger partial charge in [0.15, 0.2) is 0 Å². The van der Waals surface area contributed by atoms with E-state index < -0.39 is 11.7 Å². The van der Waals surface area contributed by atoms with Gasteiger partial charge in [0.25, 0.3) is 0 Å². The van der Waals surface area contributed by atoms with Crippen LogP contribution in [-0.2, 0) is 12.7 Å². The van der Waals surface area contributed by atoms with E-state index in [0.717, 1.165) is 32.2 Å². The number of hydrogen-bond donors (Lipinski definition) is 1. The fourth-order valence-electron chi connectivity index (χ4n) is 4.23. The Labute approximate surface area is 147 Å². The van der Waals surface area contributed by atoms with E-state index in [9.17, 15) is 18.3 Å². The van der Waals surface area contributed by atoms with Crippen LogP contribution in [0.25, 0.3) is 0 Å². The van der Waals surface area contributed by atoms with Crippen LogP contribution in [0.2, 0.25) is 0 Å². The van der Waals surface area contributed by atoms with Crippen LogP contribution in [0.1, 0.15) is 30.4 Å². The van der Waals surface area contributed by atoms with E-state index in [4.69, 9.17) is 0 Å². The van der Waals surface area contributed by atoms with E-state index in [2.05, 4.69) is 9.80 Å². The summed E-state index contributed by atoms with van der Waals surface area (Å²) in [6.07, 6.45) is -0.594. The topological polar surface area (TPSA) is 26.7 Å². The lowest BCUT2D eigenvalue weighted by atomic mass is 9.95. The Morgan fingerprint density at radius 1 is 0.960 bits per heavy atom. The predicted octanol–water partition coefficient (Wildman–Crippen LogP) is 3.23. The van der Waals surface area contributed by atoms with Crippen molar-refractivity contribution < 1.29 is 18.3 Å². The summed E-state index contributed by atoms with van der Waals surface area (Å²) in [5.41, 5.74) is -0.222. The number of piperidine rings is 1. The SMILES string of the molecule is OC[C@H]1CN(Cc2ccccc2C(F)(F)F)C[C@H]1CN1CCCCC1. The first-order valence-electron chi connectivity index (χ1n) is 9.18. The average Bonchev–Trinajstić information content (AvgIpc) is 2.97. The summed E-state index contributed by atoms with van der Waals surface area (Å²) in [6.45, 7) is 4.98. The van der Waals surface area contributed by atoms with Crippen molar-refractivity contribution in [2.45, 2.75) is 32.0 Å². The van der Waals surface area contributed by atoms with Crippen LogP contribution < -0.4 is 0 Å². The number of benzene rings is 1. The number of likely N-dealkylation sites (tertiary alicyclic amines) is 2. The van der Waals surface area contributed by atoms with Crippen LogP contribution in [0, 0.1) is 11.8 Å². The molecule has 1 aromatic rings. The third kappa shape index (κ3) is 4.74. The molecule has 0 saturated carbocycles. The van der Waals surface area contributed by atoms with Crippen molar-refractivity contribution >= 4 is 0 Å². The number of aliphatic hydroxyl groups excluding tert-OH is 1. The normalized spacial score (nSPS) is 26.2. The summed E-state index contributed by atoms with van der Waals surface area (Å²) in [5, 5.41) is 9.71. The maximum absolute atomic E-state index is 13.2. The van der Waals surface area contributed by atoms with E-state index in [0.29, 0.717) is 24.6 Å². The first kappa shape index (κ1) is 18.7. The summed E-state index contributed by atoms with van der Waals surface area (Å²) in [4.78, 5) is 4.52. The summed E-state index contributed by atoms with van der Waals surface area (Å²) in [6, 6.07) is 5.82. The van der Waals surface area contributed by atoms with Gasteiger partial charge in [-0.15, -0.1) is 0 Å². The molecule has 140 valence electrons. The summed E-state index contributed by atoms with van der Waals surface area (Å²) < 4.78 is 39.6. The van der Waals surface area contributed by atoms with Crippen molar-refractivity contribution in [3.63, 3.8) is 0 Å². The Balaban J connectivity index is 1.64. The van der Waals surface area contributed by atoms with Crippen LogP contribution in [0.3, 0.4) is 0 Å². The second-order valence-corrected chi connectivity index (χ2v) is 7.41. The first-order chi connectivity index (χ1) is 12.0. The minimum Gasteiger partial charge on any atom is -0.396 e. The molecule has 0 spiro atoms. The summed E-state index contributed by atoms with van der Waals surface area (Å²) in [7, 11) is 0. The molecule has 2 atom stereocenters. The Morgan fingerprint density at radius 3 is 2.32 bits per heavy atom. The molecule has 2 aliphatic heterocycles. The molecule has 6 heteroatoms. The molecule has 0 amide bonds. The molecular weight excluding hydrogens is 329 g/mol. The molecule has 0 radical (unpaired) electrons. The molecule has 25 heavy (non-hydrogen) atoms. The first-order valence-corrected chi connectivity index (χ1v) is 9.18. The van der Waals surface area contributed by atoms with E-state index in [1.54, 1.807) is 12.1 Å². The molecule has 0 bridgehead atoms. The van der Waals surface area contributed by atoms with E-state index in [1.165, 1.54) is 25.3 Å². The number of alkyl halides is 3. The Hall–Kier alpha value is -1.11. The summed E-state index contributed by atoms with van der Waals surface area (Å²) in [5.74, 6) is 0.487. The predicted molar refractivity (Wildman–Crippen MR) is 91.1 cm³/mol. The number of rotatable bonds is 5. The van der Waals surface area contributed by atoms with Gasteiger partial charge >= 0.3 is 6.18 Å². The highest BCUT2D eigenvalue weighted by atomic mass is 19.4. The minimum atomic E-state index is -4.32. The van der Waals surface area contributed by atoms with Crippen LogP contribution in [0.15, 0.2) is 24.3 Å². The van der Waals surface area contributed by atoms with E-state index >= 15 is 0 Å². The molecule has 0 aromatic heterocycles. The van der Waals surface area contributed by atoms with Gasteiger partial charge in [0.05, 0.1) is 5.56 Å². The quantitative estimate of drug-likeness (QED) is 0.878. The Morgan fingerprint density at radius 2 is 1.64 bits per heavy atom. The highest BCUT2D eigenvalue weighted by Gasteiger charge is 2.36. The number of nitrogens with zero attached hydrogens (tertiary/aromatic N) is 2. The summed E-state index contributed by atoms with van der Waals surface area (Å²) >= 11 is 0. The van der Waals surface area contributed by atoms with Gasteiger partial charge in [0.2, 0.25) is 0 Å². The number of hydrogen-bond acceptors (Lipinski definition) is 3. The van der Waals surface area contributed by atoms with Crippen molar-refractivity contribution in [3.05, 3.63) is 35.4 Å². The highest BCUT2D eigenvalue weighted by molar-refractivity contribution is 5.29. The third-order valence-corrected chi connectivity index (χ3v) is 5.54. The fourth-order valence-corrected chi connectivity index (χ4v) is 4.23. The van der Waals surface area contributed by atoms with Crippen LogP contribution in [0.5, 0.6) is 0 Å². The zero-order chi connectivity index (χ0) is 17.9. The van der Waals surface area contributed by atoms with E-state index in [-0.39, 0.29) is 12.5 Å². The standard InChI is InChI=1S/C19H27F3N2O/c20-19(21,22)18-7-3-2-6-15(18)10-24-12-16(17(13-24)14-25)11-23-8-4-1-5-9-23/h2-3,6-7,16-17,25H,1,4-5,8-14H2/t16-,17-/m1/s1. The largest absolute Gasteiger partial charge is 0.416 e. The van der Waals surface area contributed by atoms with Crippen molar-refractivity contribution in [2.24, 2.45) is 11.8 Å². The van der Waals surface area contributed by atoms with Gasteiger partial charge in [-0.2, -0.15) is 13.2 Å². The van der Waals surface area contributed by atoms with Gasteiger partial charge in [-0.25, -0.2) is 0 Å². The lowest BCUT2D eigenvalue weighted by molar-refractivity contribution is -0.138. The van der Waals surface area contributed by atoms with Crippen molar-refractivity contribution in [1.82, 2.24) is 9.80 Å². The fraction of sp³-hybridized carbons (Fsp3) is 0.684. The Kier molecular flexibility index (Phi) is 6.02. The molecule has 3 nitrogen and oxygen atoms in total. The van der Waals surface area contributed by atoms with Gasteiger partial charge in [-0.05, 0) is 49.4 Å². The maximum atomic E-state index is 13.2. The second-order valence-electron chi connectivity index (χ2n) is 7.41. The molecule has 2 saturated heterocycles. The molecule has 1 N–H and O–H groups in total. The van der Waals surface area contributed by atoms with E-state index in [1.807, 2.05) is 0 Å². The maximum Gasteiger partial charge on any atom is 0.416 e. The molecule has 3 rings (SSSR count). The van der Waals surface area contributed by atoms with Crippen molar-refractivity contribution in [1.29, 1.82) is 0 Å². The van der Waals surface area contributed by atoms with Gasteiger partial charge in [0, 0.05) is 32.8 Å². The molecule has 2 aliphatic rings. The minimum absolute atomic E-state index is 0.107. The monoisotopic (exact) mass is 356 g/mol. The molecule has 0 aliphatic carbocycles. The highest BCUT2D eigenvalue weighted by Crippen LogP contribution is 2.34. The van der Waals surface area contributed by atoms with Crippen molar-refractivity contribution in [3.8, 4) is 0 Å². The third-order valence-electron chi connectivity index (χ3n) is 5.54. The van der Waals surface area contributed by atoms with Crippen LogP contribution in [-0.4, -0.2) is 54.2 Å². The van der Waals surface area contributed by atoms with Gasteiger partial charge in [0.1, 0.15) is 0 Å². The Bertz CT molecular complexity index is 558. The molecular formula is C19H27F3N2O. The van der Waals surface area contributed by atoms with Gasteiger partial charge in [-0.3, -0.25) is 4.90 Å². The molecule has 0 unspecified atom stereocenters. The zero-order valence-electron chi connectivity index (χ0n) is 14.5. The lowest BCUT2D eigenvalue weighted by Gasteiger charge is -2.30. The van der Waals surface area contributed by atoms with Crippen LogP contribution in [0.4, 0.5) is 13.2 Å². The molecule has 2 fully saturated rings. The second kappa shape index (κ2) is 8.06. The lowest BCUT2D eigenvalue weighted by Crippen LogP contribution is -2.37. The van der Waals surface area contributed by atoms with Gasteiger partial charge < -0.3 is 10.0 Å². The average molecular weight is 356 g/mol. The zero-order valence-corrected chi connectivity index (χ0v) is 14.5. The smallest absolute Gasteiger partial charge is 0.396 e. The molecule has 1 aromatic carbocycles. The number of aliphatic hydroxyl groups is 1. The number of halogens is 3. The van der Waals surface area contributed by atoms with Crippen molar-refractivity contribution in [2.75, 3.05) is 39.3 Å².